The molecule has 3 rings (SSSR count). The van der Waals surface area contributed by atoms with Crippen LogP contribution in [0.3, 0.4) is 0 Å². The average molecular weight is 306 g/mol. The van der Waals surface area contributed by atoms with Gasteiger partial charge in [-0.3, -0.25) is 9.88 Å². The Bertz CT molecular complexity index is 549. The number of aryl methyl sites for hydroxylation is 1. The van der Waals surface area contributed by atoms with Gasteiger partial charge in [-0.15, -0.1) is 0 Å². The lowest BCUT2D eigenvalue weighted by Gasteiger charge is -2.47. The van der Waals surface area contributed by atoms with E-state index in [1.165, 1.54) is 6.42 Å². The molecule has 5 heteroatoms. The van der Waals surface area contributed by atoms with Crippen LogP contribution in [0, 0.1) is 12.8 Å². The largest absolute Gasteiger partial charge is 0.506 e. The summed E-state index contributed by atoms with van der Waals surface area (Å²) in [6.45, 7) is 3.96. The maximum absolute atomic E-state index is 10.7. The van der Waals surface area contributed by atoms with Gasteiger partial charge in [0.1, 0.15) is 5.75 Å². The molecular formula is C17H26N2O3. The number of piperidine rings is 1. The van der Waals surface area contributed by atoms with Gasteiger partial charge in [0, 0.05) is 42.9 Å². The van der Waals surface area contributed by atoms with Crippen LogP contribution < -0.4 is 0 Å². The summed E-state index contributed by atoms with van der Waals surface area (Å²) >= 11 is 0. The summed E-state index contributed by atoms with van der Waals surface area (Å²) in [6.07, 6.45) is 6.78. The fraction of sp³-hybridized carbons (Fsp3) is 0.706. The predicted molar refractivity (Wildman–Crippen MR) is 83.4 cm³/mol. The molecule has 2 aliphatic rings. The highest BCUT2D eigenvalue weighted by Crippen LogP contribution is 2.40. The van der Waals surface area contributed by atoms with Gasteiger partial charge in [-0.2, -0.15) is 0 Å². The number of aromatic nitrogens is 1. The number of aliphatic hydroxyl groups excluding tert-OH is 1. The molecule has 1 saturated carbocycles. The summed E-state index contributed by atoms with van der Waals surface area (Å²) in [5.41, 5.74) is 1.58. The summed E-state index contributed by atoms with van der Waals surface area (Å²) in [6, 6.07) is 0. The highest BCUT2D eigenvalue weighted by Gasteiger charge is 2.42. The minimum atomic E-state index is -0.481. The molecule has 3 N–H and O–H groups in total. The molecule has 1 saturated heterocycles. The zero-order chi connectivity index (χ0) is 15.7. The summed E-state index contributed by atoms with van der Waals surface area (Å²) < 4.78 is 0. The Hall–Kier alpha value is -1.17. The monoisotopic (exact) mass is 306 g/mol. The molecule has 0 amide bonds. The van der Waals surface area contributed by atoms with Gasteiger partial charge >= 0.3 is 0 Å². The van der Waals surface area contributed by atoms with Crippen molar-refractivity contribution in [2.45, 2.75) is 57.8 Å². The van der Waals surface area contributed by atoms with E-state index in [4.69, 9.17) is 0 Å². The quantitative estimate of drug-likeness (QED) is 0.792. The maximum Gasteiger partial charge on any atom is 0.141 e. The molecule has 0 bridgehead atoms. The Morgan fingerprint density at radius 3 is 2.95 bits per heavy atom. The number of nitrogens with zero attached hydrogens (tertiary/aromatic N) is 2. The Morgan fingerprint density at radius 1 is 1.36 bits per heavy atom. The predicted octanol–water partition coefficient (Wildman–Crippen LogP) is 1.71. The third kappa shape index (κ3) is 2.85. The first-order chi connectivity index (χ1) is 10.5. The van der Waals surface area contributed by atoms with Crippen molar-refractivity contribution in [2.75, 3.05) is 13.1 Å². The normalized spacial score (nSPS) is 29.3. The number of rotatable bonds is 3. The number of hydrogen-bond acceptors (Lipinski definition) is 5. The lowest BCUT2D eigenvalue weighted by atomic mass is 9.71. The van der Waals surface area contributed by atoms with E-state index in [1.807, 2.05) is 0 Å². The van der Waals surface area contributed by atoms with Crippen molar-refractivity contribution < 1.29 is 15.3 Å². The lowest BCUT2D eigenvalue weighted by molar-refractivity contribution is -0.0969. The lowest BCUT2D eigenvalue weighted by Crippen LogP contribution is -2.53. The smallest absolute Gasteiger partial charge is 0.141 e. The van der Waals surface area contributed by atoms with Gasteiger partial charge < -0.3 is 15.3 Å². The van der Waals surface area contributed by atoms with Gasteiger partial charge in [0.2, 0.25) is 0 Å². The van der Waals surface area contributed by atoms with Crippen LogP contribution in [-0.2, 0) is 13.2 Å². The molecule has 22 heavy (non-hydrogen) atoms. The van der Waals surface area contributed by atoms with E-state index in [1.54, 1.807) is 13.1 Å². The second kappa shape index (κ2) is 6.14. The van der Waals surface area contributed by atoms with Gasteiger partial charge in [0.15, 0.2) is 0 Å². The Morgan fingerprint density at radius 2 is 2.18 bits per heavy atom. The highest BCUT2D eigenvalue weighted by atomic mass is 16.3. The third-order valence-corrected chi connectivity index (χ3v) is 5.49. The number of fused-ring (bicyclic) bond motifs is 1. The fourth-order valence-electron chi connectivity index (χ4n) is 4.00. The summed E-state index contributed by atoms with van der Waals surface area (Å²) in [5, 5.41) is 30.5. The van der Waals surface area contributed by atoms with Crippen LogP contribution >= 0.6 is 0 Å². The molecule has 2 fully saturated rings. The molecule has 0 aromatic carbocycles. The molecule has 1 aliphatic heterocycles. The van der Waals surface area contributed by atoms with Crippen LogP contribution in [0.2, 0.25) is 0 Å². The van der Waals surface area contributed by atoms with Crippen molar-refractivity contribution in [1.29, 1.82) is 0 Å². The van der Waals surface area contributed by atoms with E-state index < -0.39 is 5.60 Å². The molecule has 1 aromatic heterocycles. The van der Waals surface area contributed by atoms with Gasteiger partial charge in [-0.25, -0.2) is 0 Å². The number of aromatic hydroxyl groups is 1. The minimum absolute atomic E-state index is 0.114. The topological polar surface area (TPSA) is 76.8 Å². The van der Waals surface area contributed by atoms with Crippen molar-refractivity contribution in [1.82, 2.24) is 9.88 Å². The van der Waals surface area contributed by atoms with Gasteiger partial charge in [-0.05, 0) is 26.2 Å². The van der Waals surface area contributed by atoms with Crippen LogP contribution in [0.4, 0.5) is 0 Å². The fourth-order valence-corrected chi connectivity index (χ4v) is 4.00. The first-order valence-electron chi connectivity index (χ1n) is 8.25. The van der Waals surface area contributed by atoms with Crippen LogP contribution in [-0.4, -0.2) is 43.9 Å². The number of hydrogen-bond donors (Lipinski definition) is 3. The summed E-state index contributed by atoms with van der Waals surface area (Å²) in [5.74, 6) is 0.522. The molecule has 0 spiro atoms. The minimum Gasteiger partial charge on any atom is -0.506 e. The molecule has 2 atom stereocenters. The zero-order valence-electron chi connectivity index (χ0n) is 13.3. The van der Waals surface area contributed by atoms with Crippen molar-refractivity contribution in [2.24, 2.45) is 5.92 Å². The van der Waals surface area contributed by atoms with E-state index in [2.05, 4.69) is 9.88 Å². The number of pyridine rings is 1. The SMILES string of the molecule is Cc1ncc(CO)c(CN2CC[C@@]3(O)CCCC[C@H]3C2)c1O. The first-order valence-corrected chi connectivity index (χ1v) is 8.25. The maximum atomic E-state index is 10.7. The van der Waals surface area contributed by atoms with Crippen LogP contribution in [0.1, 0.15) is 48.9 Å². The van der Waals surface area contributed by atoms with E-state index in [9.17, 15) is 15.3 Å². The molecule has 1 aromatic rings. The zero-order valence-corrected chi connectivity index (χ0v) is 13.3. The molecule has 5 nitrogen and oxygen atoms in total. The van der Waals surface area contributed by atoms with E-state index in [0.717, 1.165) is 44.3 Å². The molecule has 1 aliphatic carbocycles. The Balaban J connectivity index is 1.76. The Kier molecular flexibility index (Phi) is 4.39. The second-order valence-corrected chi connectivity index (χ2v) is 6.89. The number of likely N-dealkylation sites (tertiary alicyclic amines) is 1. The molecule has 2 heterocycles. The summed E-state index contributed by atoms with van der Waals surface area (Å²) in [4.78, 5) is 6.40. The molecule has 0 unspecified atom stereocenters. The van der Waals surface area contributed by atoms with Crippen molar-refractivity contribution in [3.8, 4) is 5.75 Å². The van der Waals surface area contributed by atoms with Gasteiger partial charge in [0.25, 0.3) is 0 Å². The van der Waals surface area contributed by atoms with Crippen LogP contribution in [0.5, 0.6) is 5.75 Å². The average Bonchev–Trinajstić information content (AvgIpc) is 2.52. The van der Waals surface area contributed by atoms with Crippen LogP contribution in [0.25, 0.3) is 0 Å². The van der Waals surface area contributed by atoms with E-state index >= 15 is 0 Å². The molecule has 122 valence electrons. The molecular weight excluding hydrogens is 280 g/mol. The van der Waals surface area contributed by atoms with Crippen LogP contribution in [0.15, 0.2) is 6.20 Å². The van der Waals surface area contributed by atoms with Crippen molar-refractivity contribution in [3.05, 3.63) is 23.0 Å². The second-order valence-electron chi connectivity index (χ2n) is 6.89. The summed E-state index contributed by atoms with van der Waals surface area (Å²) in [7, 11) is 0. The first kappa shape index (κ1) is 15.7. The van der Waals surface area contributed by atoms with Gasteiger partial charge in [0.05, 0.1) is 17.9 Å². The van der Waals surface area contributed by atoms with E-state index in [0.29, 0.717) is 23.7 Å². The standard InChI is InChI=1S/C17H26N2O3/c1-12-16(21)15(13(11-20)8-18-12)10-19-7-6-17(22)5-3-2-4-14(17)9-19/h8,14,20-22H,2-7,9-11H2,1H3/t14-,17-/m0/s1. The number of aliphatic hydroxyl groups is 2. The Labute approximate surface area is 131 Å². The highest BCUT2D eigenvalue weighted by molar-refractivity contribution is 5.40. The molecule has 0 radical (unpaired) electrons. The van der Waals surface area contributed by atoms with E-state index in [-0.39, 0.29) is 12.4 Å². The van der Waals surface area contributed by atoms with Crippen molar-refractivity contribution >= 4 is 0 Å². The van der Waals surface area contributed by atoms with Gasteiger partial charge in [-0.1, -0.05) is 12.8 Å². The van der Waals surface area contributed by atoms with Crippen molar-refractivity contribution in [3.63, 3.8) is 0 Å². The third-order valence-electron chi connectivity index (χ3n) is 5.49.